The fourth-order valence-electron chi connectivity index (χ4n) is 2.30. The summed E-state index contributed by atoms with van der Waals surface area (Å²) >= 11 is 7.79. The number of halogens is 1. The van der Waals surface area contributed by atoms with E-state index in [0.717, 1.165) is 5.56 Å². The summed E-state index contributed by atoms with van der Waals surface area (Å²) in [5.74, 6) is -0.225. The summed E-state index contributed by atoms with van der Waals surface area (Å²) in [7, 11) is 0. The van der Waals surface area contributed by atoms with E-state index in [1.165, 1.54) is 11.3 Å². The monoisotopic (exact) mass is 438 g/mol. The second-order valence-corrected chi connectivity index (χ2v) is 8.35. The average molecular weight is 439 g/mol. The molecule has 156 valence electrons. The molecule has 6 nitrogen and oxygen atoms in total. The molecule has 0 bridgehead atoms. The first-order valence-electron chi connectivity index (χ1n) is 9.12. The lowest BCUT2D eigenvalue weighted by atomic mass is 10.1. The third-order valence-corrected chi connectivity index (χ3v) is 5.17. The number of esters is 1. The molecule has 8 heteroatoms. The zero-order valence-corrected chi connectivity index (χ0v) is 18.6. The average Bonchev–Trinajstić information content (AvgIpc) is 3.00. The van der Waals surface area contributed by atoms with E-state index in [1.54, 1.807) is 32.9 Å². The first kappa shape index (κ1) is 23.2. The molecule has 2 rings (SSSR count). The van der Waals surface area contributed by atoms with E-state index >= 15 is 0 Å². The van der Waals surface area contributed by atoms with E-state index < -0.39 is 11.6 Å². The van der Waals surface area contributed by atoms with Gasteiger partial charge in [-0.15, -0.1) is 11.3 Å². The first-order chi connectivity index (χ1) is 13.8. The van der Waals surface area contributed by atoms with Crippen LogP contribution in [-0.2, 0) is 14.2 Å². The van der Waals surface area contributed by atoms with Crippen LogP contribution in [0.2, 0.25) is 5.02 Å². The van der Waals surface area contributed by atoms with Gasteiger partial charge in [-0.1, -0.05) is 23.7 Å². The Morgan fingerprint density at radius 3 is 2.66 bits per heavy atom. The summed E-state index contributed by atoms with van der Waals surface area (Å²) in [5.41, 5.74) is 0.723. The molecule has 0 amide bonds. The number of hydrogen-bond donors (Lipinski definition) is 0. The van der Waals surface area contributed by atoms with Gasteiger partial charge in [0, 0.05) is 24.3 Å². The molecule has 1 heterocycles. The Morgan fingerprint density at radius 1 is 1.24 bits per heavy atom. The Bertz CT molecular complexity index is 882. The maximum Gasteiger partial charge on any atom is 0.352 e. The minimum absolute atomic E-state index is 0.177. The molecule has 0 aliphatic rings. The van der Waals surface area contributed by atoms with Crippen molar-refractivity contribution in [1.29, 1.82) is 0 Å². The predicted octanol–water partition coefficient (Wildman–Crippen LogP) is 6.01. The molecule has 1 aromatic heterocycles. The molecule has 1 aromatic carbocycles. The van der Waals surface area contributed by atoms with E-state index in [9.17, 15) is 4.79 Å². The van der Waals surface area contributed by atoms with Gasteiger partial charge in [0.05, 0.1) is 11.5 Å². The maximum absolute atomic E-state index is 12.7. The molecule has 29 heavy (non-hydrogen) atoms. The highest BCUT2D eigenvalue weighted by Crippen LogP contribution is 2.46. The number of benzene rings is 1. The summed E-state index contributed by atoms with van der Waals surface area (Å²) in [4.78, 5) is 17.4. The SMILES string of the molecule is C#[N+]c1cccc(-c2sc(C(=O)OC(C)(C)C)c(OCCOCOCC)c2Cl)c1. The minimum Gasteiger partial charge on any atom is -0.488 e. The number of hydrogen-bond acceptors (Lipinski definition) is 6. The fourth-order valence-corrected chi connectivity index (χ4v) is 3.74. The molecule has 0 fully saturated rings. The van der Waals surface area contributed by atoms with Gasteiger partial charge in [0.1, 0.15) is 24.0 Å². The van der Waals surface area contributed by atoms with Gasteiger partial charge in [-0.3, -0.25) is 0 Å². The number of thiophene rings is 1. The van der Waals surface area contributed by atoms with Crippen molar-refractivity contribution >= 4 is 34.6 Å². The van der Waals surface area contributed by atoms with Crippen LogP contribution in [0.1, 0.15) is 37.4 Å². The van der Waals surface area contributed by atoms with E-state index in [2.05, 4.69) is 4.85 Å². The van der Waals surface area contributed by atoms with Gasteiger partial charge in [-0.25, -0.2) is 4.79 Å². The minimum atomic E-state index is -0.649. The Kier molecular flexibility index (Phi) is 8.47. The molecule has 0 radical (unpaired) electrons. The van der Waals surface area contributed by atoms with E-state index in [-0.39, 0.29) is 25.8 Å². The van der Waals surface area contributed by atoms with Crippen molar-refractivity contribution in [3.05, 3.63) is 39.0 Å². The number of nitrogens with zero attached hydrogens (tertiary/aromatic N) is 1. The molecule has 2 aromatic rings. The Labute approximate surface area is 180 Å². The molecular formula is C21H25ClNO5S+. The van der Waals surface area contributed by atoms with E-state index in [0.29, 0.717) is 27.1 Å². The predicted molar refractivity (Wildman–Crippen MR) is 116 cm³/mol. The quantitative estimate of drug-likeness (QED) is 0.272. The molecule has 0 atom stereocenters. The second kappa shape index (κ2) is 10.6. The molecule has 0 saturated heterocycles. The third kappa shape index (κ3) is 6.72. The molecule has 0 unspecified atom stereocenters. The van der Waals surface area contributed by atoms with Crippen LogP contribution >= 0.6 is 22.9 Å². The standard InChI is InChI=1S/C21H25ClNO5S/c1-6-25-13-26-10-11-27-17-16(22)18(14-8-7-9-15(12-14)23-5)29-19(17)20(24)28-21(2,3)4/h5,7-9,12H,6,10-11,13H2,1-4H3/q+1. The Morgan fingerprint density at radius 2 is 2.00 bits per heavy atom. The van der Waals surface area contributed by atoms with Crippen molar-refractivity contribution in [2.75, 3.05) is 26.6 Å². The van der Waals surface area contributed by atoms with Crippen LogP contribution in [-0.4, -0.2) is 38.2 Å². The van der Waals surface area contributed by atoms with Gasteiger partial charge in [0.15, 0.2) is 10.6 Å². The van der Waals surface area contributed by atoms with Gasteiger partial charge in [0.2, 0.25) is 0 Å². The summed E-state index contributed by atoms with van der Waals surface area (Å²) in [6.07, 6.45) is 0. The number of ether oxygens (including phenoxy) is 4. The lowest BCUT2D eigenvalue weighted by Gasteiger charge is -2.19. The summed E-state index contributed by atoms with van der Waals surface area (Å²) in [6.45, 7) is 13.9. The van der Waals surface area contributed by atoms with Gasteiger partial charge in [-0.05, 0) is 32.5 Å². The van der Waals surface area contributed by atoms with E-state index in [1.807, 2.05) is 19.1 Å². The molecule has 0 N–H and O–H groups in total. The summed E-state index contributed by atoms with van der Waals surface area (Å²) < 4.78 is 21.7. The van der Waals surface area contributed by atoms with Crippen LogP contribution in [0.15, 0.2) is 24.3 Å². The van der Waals surface area contributed by atoms with Gasteiger partial charge < -0.3 is 18.9 Å². The number of carbonyl (C=O) groups is 1. The summed E-state index contributed by atoms with van der Waals surface area (Å²) in [5, 5.41) is 0.329. The van der Waals surface area contributed by atoms with Crippen molar-refractivity contribution in [3.8, 4) is 22.8 Å². The van der Waals surface area contributed by atoms with Crippen LogP contribution in [0.4, 0.5) is 5.69 Å². The lowest BCUT2D eigenvalue weighted by Crippen LogP contribution is -2.23. The number of carbonyl (C=O) groups excluding carboxylic acids is 1. The maximum atomic E-state index is 12.7. The lowest BCUT2D eigenvalue weighted by molar-refractivity contribution is -0.0562. The van der Waals surface area contributed by atoms with E-state index in [4.69, 9.17) is 37.1 Å². The van der Waals surface area contributed by atoms with Crippen LogP contribution in [0.3, 0.4) is 0 Å². The second-order valence-electron chi connectivity index (χ2n) is 6.95. The van der Waals surface area contributed by atoms with Crippen molar-refractivity contribution in [3.63, 3.8) is 0 Å². The van der Waals surface area contributed by atoms with Gasteiger partial charge in [0.25, 0.3) is 6.57 Å². The zero-order chi connectivity index (χ0) is 21.4. The van der Waals surface area contributed by atoms with Crippen LogP contribution in [0.25, 0.3) is 15.3 Å². The summed E-state index contributed by atoms with van der Waals surface area (Å²) in [6, 6.07) is 7.23. The van der Waals surface area contributed by atoms with Crippen LogP contribution < -0.4 is 4.74 Å². The normalized spacial score (nSPS) is 11.2. The van der Waals surface area contributed by atoms with Crippen molar-refractivity contribution < 1.29 is 23.7 Å². The Balaban J connectivity index is 2.31. The molecule has 0 spiro atoms. The highest BCUT2D eigenvalue weighted by molar-refractivity contribution is 7.18. The molecule has 0 aliphatic heterocycles. The van der Waals surface area contributed by atoms with Crippen molar-refractivity contribution in [2.45, 2.75) is 33.3 Å². The van der Waals surface area contributed by atoms with Crippen LogP contribution in [0, 0.1) is 6.57 Å². The third-order valence-electron chi connectivity index (χ3n) is 3.50. The topological polar surface area (TPSA) is 58.4 Å². The molecular weight excluding hydrogens is 414 g/mol. The molecule has 0 aliphatic carbocycles. The van der Waals surface area contributed by atoms with Gasteiger partial charge in [-0.2, -0.15) is 0 Å². The zero-order valence-electron chi connectivity index (χ0n) is 17.0. The fraction of sp³-hybridized carbons (Fsp3) is 0.429. The Hall–Kier alpha value is -2.11. The van der Waals surface area contributed by atoms with Crippen LogP contribution in [0.5, 0.6) is 5.75 Å². The number of rotatable bonds is 9. The smallest absolute Gasteiger partial charge is 0.352 e. The first-order valence-corrected chi connectivity index (χ1v) is 10.3. The van der Waals surface area contributed by atoms with Crippen molar-refractivity contribution in [1.82, 2.24) is 0 Å². The molecule has 0 saturated carbocycles. The van der Waals surface area contributed by atoms with Gasteiger partial charge >= 0.3 is 11.7 Å². The van der Waals surface area contributed by atoms with Crippen molar-refractivity contribution in [2.24, 2.45) is 0 Å². The largest absolute Gasteiger partial charge is 0.488 e. The highest BCUT2D eigenvalue weighted by Gasteiger charge is 2.28. The highest BCUT2D eigenvalue weighted by atomic mass is 35.5.